The molecule has 0 saturated carbocycles. The highest BCUT2D eigenvalue weighted by molar-refractivity contribution is 8.56. The number of nitrogens with zero attached hydrogens (tertiary/aromatic N) is 1. The molecule has 0 spiro atoms. The maximum absolute atomic E-state index is 15.4. The topological polar surface area (TPSA) is 209 Å². The Morgan fingerprint density at radius 3 is 2.56 bits per heavy atom. The van der Waals surface area contributed by atoms with Crippen LogP contribution in [0.1, 0.15) is 51.0 Å². The van der Waals surface area contributed by atoms with Gasteiger partial charge in [-0.1, -0.05) is 44.8 Å². The highest BCUT2D eigenvalue weighted by atomic mass is 33.1. The Hall–Kier alpha value is -4.26. The van der Waals surface area contributed by atoms with Gasteiger partial charge in [-0.05, 0) is 90.7 Å². The zero-order valence-corrected chi connectivity index (χ0v) is 42.5. The number of aliphatic hydroxyl groups is 2. The van der Waals surface area contributed by atoms with E-state index in [1.165, 1.54) is 18.3 Å². The van der Waals surface area contributed by atoms with E-state index in [9.17, 15) is 19.8 Å². The van der Waals surface area contributed by atoms with Gasteiger partial charge in [0.05, 0.1) is 56.4 Å². The number of allylic oxidation sites excluding steroid dienone is 3. The van der Waals surface area contributed by atoms with Crippen molar-refractivity contribution in [1.29, 1.82) is 0 Å². The van der Waals surface area contributed by atoms with E-state index in [-0.39, 0.29) is 59.5 Å². The molecule has 2 saturated heterocycles. The normalized spacial score (nSPS) is 27.8. The van der Waals surface area contributed by atoms with Gasteiger partial charge in [-0.3, -0.25) is 19.9 Å². The molecule has 0 radical (unpaired) electrons. The van der Waals surface area contributed by atoms with Crippen molar-refractivity contribution in [3.8, 4) is 29.4 Å². The van der Waals surface area contributed by atoms with Gasteiger partial charge in [-0.25, -0.2) is 4.79 Å². The van der Waals surface area contributed by atoms with Crippen LogP contribution in [0.2, 0.25) is 0 Å². The minimum absolute atomic E-state index is 0.0279. The molecule has 2 aromatic heterocycles. The molecule has 1 aliphatic carbocycles. The van der Waals surface area contributed by atoms with Gasteiger partial charge in [0.1, 0.15) is 34.5 Å². The molecule has 2 fully saturated rings. The van der Waals surface area contributed by atoms with Gasteiger partial charge in [0.15, 0.2) is 18.4 Å². The average Bonchev–Trinajstić information content (AvgIpc) is 3.68. The fraction of sp³-hybridized carbons (Fsp3) is 0.500. The highest BCUT2D eigenvalue weighted by Crippen LogP contribution is 2.46. The number of H-pyrrole nitrogens is 1. The fourth-order valence-corrected chi connectivity index (χ4v) is 10.6. The molecule has 1 amide bonds. The van der Waals surface area contributed by atoms with Gasteiger partial charge in [0.25, 0.3) is 0 Å². The standard InChI is InChI=1S/C48H58N4O12S4/c1-10-11-12-13-14-15-36(39-30(19-21-68(9,65)66)34(53)23-35(54)41(39)52-47(57)60-7)63-46-43(64-38-24-37(59-6)33(25-61-38)50-26(2)3)45(56)48(67-8,27(4)62-46)44(55)42-40-29(18-20-49-42)31-22-28(58-5)16-17-32(31)51-40/h12-13,16-20,22,26-27,33-34,36-38,43,45-46,50-51,53,56H,21,23-25H2,1-9H3,(H,52,57)/b13-12-,30-19-/t27?,33?,34-,36-,37?,38?,43?,45?,46?,48?/m0/s1. The predicted octanol–water partition coefficient (Wildman–Crippen LogP) is 4.17. The SMILES string of the molecule is CC#C/C=C\C#C[C@H](OC1OC(C)C(SC)(C(=O)c2nccc3c2[nH]c2ccc(OC)cc23)C(O)C1OC1CC(OC)C(NC(C)C)CO1)C1=C(NC(=O)OC)C(=O)C[C@H](O)/C1=C/CS(C)(=S)=S. The number of Topliss-reactive ketones (excluding diaryl/α,β-unsaturated/α-hetero) is 2. The van der Waals surface area contributed by atoms with Crippen LogP contribution in [0.5, 0.6) is 5.75 Å². The lowest BCUT2D eigenvalue weighted by Crippen LogP contribution is -2.68. The molecule has 366 valence electrons. The number of methoxy groups -OCH3 is 3. The number of benzene rings is 1. The second-order valence-corrected chi connectivity index (χ2v) is 25.0. The summed E-state index contributed by atoms with van der Waals surface area (Å²) in [5.41, 5.74) is 1.11. The van der Waals surface area contributed by atoms with Crippen molar-refractivity contribution in [2.45, 2.75) is 107 Å². The largest absolute Gasteiger partial charge is 0.497 e. The first-order valence-corrected chi connectivity index (χ1v) is 27.1. The number of ether oxygens (including phenoxy) is 7. The zero-order valence-electron chi connectivity index (χ0n) is 39.3. The molecule has 20 heteroatoms. The number of aliphatic hydroxyl groups excluding tert-OH is 2. The Morgan fingerprint density at radius 1 is 1.15 bits per heavy atom. The van der Waals surface area contributed by atoms with Gasteiger partial charge in [-0.15, -0.1) is 17.7 Å². The van der Waals surface area contributed by atoms with Crippen LogP contribution in [0.4, 0.5) is 4.79 Å². The van der Waals surface area contributed by atoms with Crippen LogP contribution < -0.4 is 15.4 Å². The summed E-state index contributed by atoms with van der Waals surface area (Å²) in [5.74, 6) is 11.0. The Morgan fingerprint density at radius 2 is 1.90 bits per heavy atom. The quantitative estimate of drug-likeness (QED) is 0.107. The first kappa shape index (κ1) is 53.1. The van der Waals surface area contributed by atoms with E-state index in [1.54, 1.807) is 58.8 Å². The number of carbonyl (C=O) groups excluding carboxylic acids is 3. The van der Waals surface area contributed by atoms with E-state index in [4.69, 9.17) is 55.5 Å². The average molecular weight is 1010 g/mol. The third kappa shape index (κ3) is 11.7. The molecule has 0 bridgehead atoms. The van der Waals surface area contributed by atoms with Crippen molar-refractivity contribution in [3.63, 3.8) is 0 Å². The van der Waals surface area contributed by atoms with Crippen molar-refractivity contribution in [2.24, 2.45) is 0 Å². The van der Waals surface area contributed by atoms with Crippen LogP contribution in [0.15, 0.2) is 65.5 Å². The molecule has 8 unspecified atom stereocenters. The number of amides is 1. The van der Waals surface area contributed by atoms with Crippen molar-refractivity contribution in [1.82, 2.24) is 20.6 Å². The number of hydrogen-bond donors (Lipinski definition) is 5. The van der Waals surface area contributed by atoms with Gasteiger partial charge >= 0.3 is 6.09 Å². The molecule has 6 rings (SSSR count). The number of aromatic nitrogens is 2. The van der Waals surface area contributed by atoms with Crippen molar-refractivity contribution in [3.05, 3.63) is 71.2 Å². The lowest BCUT2D eigenvalue weighted by atomic mass is 9.82. The number of rotatable bonds is 15. The first-order chi connectivity index (χ1) is 32.4. The number of thioether (sulfide) groups is 1. The van der Waals surface area contributed by atoms with Crippen molar-refractivity contribution in [2.75, 3.05) is 46.2 Å². The number of alkyl carbamates (subject to hydrolysis) is 1. The van der Waals surface area contributed by atoms with E-state index >= 15 is 4.79 Å². The summed E-state index contributed by atoms with van der Waals surface area (Å²) in [6, 6.07) is 7.23. The summed E-state index contributed by atoms with van der Waals surface area (Å²) in [4.78, 5) is 50.1. The molecule has 4 heterocycles. The summed E-state index contributed by atoms with van der Waals surface area (Å²) >= 11 is 12.2. The van der Waals surface area contributed by atoms with Crippen LogP contribution in [0.25, 0.3) is 21.8 Å². The molecule has 2 aliphatic heterocycles. The third-order valence-corrected chi connectivity index (χ3v) is 14.9. The van der Waals surface area contributed by atoms with Gasteiger partial charge in [-0.2, -0.15) is 0 Å². The third-order valence-electron chi connectivity index (χ3n) is 11.8. The molecule has 5 N–H and O–H groups in total. The number of pyridine rings is 1. The van der Waals surface area contributed by atoms with E-state index in [2.05, 4.69) is 44.3 Å². The van der Waals surface area contributed by atoms with Crippen LogP contribution in [0.3, 0.4) is 0 Å². The summed E-state index contributed by atoms with van der Waals surface area (Å²) in [6.07, 6.45) is -1.85. The summed E-state index contributed by atoms with van der Waals surface area (Å²) in [5, 5.41) is 32.0. The minimum atomic E-state index is -2.04. The molecule has 3 aliphatic rings. The second kappa shape index (κ2) is 23.1. The molecular formula is C48H58N4O12S4. The first-order valence-electron chi connectivity index (χ1n) is 21.8. The zero-order chi connectivity index (χ0) is 49.5. The van der Waals surface area contributed by atoms with Gasteiger partial charge in [0.2, 0.25) is 5.78 Å². The molecular weight excluding hydrogens is 953 g/mol. The lowest BCUT2D eigenvalue weighted by Gasteiger charge is -2.51. The van der Waals surface area contributed by atoms with Crippen LogP contribution in [-0.2, 0) is 62.7 Å². The van der Waals surface area contributed by atoms with Gasteiger partial charge in [0, 0.05) is 59.8 Å². The number of ketones is 2. The Labute approximate surface area is 410 Å². The summed E-state index contributed by atoms with van der Waals surface area (Å²) < 4.78 is 41.1. The maximum Gasteiger partial charge on any atom is 0.411 e. The molecule has 16 nitrogen and oxygen atoms in total. The summed E-state index contributed by atoms with van der Waals surface area (Å²) in [6.45, 7) is 7.49. The van der Waals surface area contributed by atoms with Crippen LogP contribution in [0, 0.1) is 23.7 Å². The highest BCUT2D eigenvalue weighted by Gasteiger charge is 2.61. The van der Waals surface area contributed by atoms with Gasteiger partial charge < -0.3 is 53.7 Å². The minimum Gasteiger partial charge on any atom is -0.497 e. The Bertz CT molecular complexity index is 2720. The van der Waals surface area contributed by atoms with E-state index < -0.39 is 79.1 Å². The van der Waals surface area contributed by atoms with E-state index in [1.807, 2.05) is 26.0 Å². The number of aromatic amines is 1. The maximum atomic E-state index is 15.4. The Kier molecular flexibility index (Phi) is 18.0. The monoisotopic (exact) mass is 1010 g/mol. The predicted molar refractivity (Wildman–Crippen MR) is 268 cm³/mol. The molecule has 10 atom stereocenters. The van der Waals surface area contributed by atoms with E-state index in [0.29, 0.717) is 16.7 Å². The number of carbonyl (C=O) groups is 3. The number of fused-ring (bicyclic) bond motifs is 3. The second-order valence-electron chi connectivity index (χ2n) is 16.7. The number of hydrogen-bond acceptors (Lipinski definition) is 17. The fourth-order valence-electron chi connectivity index (χ4n) is 8.62. The smallest absolute Gasteiger partial charge is 0.411 e. The summed E-state index contributed by atoms with van der Waals surface area (Å²) in [7, 11) is 2.26. The van der Waals surface area contributed by atoms with E-state index in [0.717, 1.165) is 29.8 Å². The number of nitrogens with one attached hydrogen (secondary N) is 3. The molecule has 3 aromatic rings. The van der Waals surface area contributed by atoms with Crippen LogP contribution in [-0.4, -0.2) is 150 Å². The molecule has 68 heavy (non-hydrogen) atoms. The van der Waals surface area contributed by atoms with Crippen molar-refractivity contribution < 1.29 is 57.8 Å². The Balaban J connectivity index is 1.51. The lowest BCUT2D eigenvalue weighted by molar-refractivity contribution is -0.323. The van der Waals surface area contributed by atoms with Crippen LogP contribution >= 0.6 is 11.8 Å². The van der Waals surface area contributed by atoms with Crippen molar-refractivity contribution >= 4 is 80.8 Å². The molecule has 1 aromatic carbocycles.